The van der Waals surface area contributed by atoms with E-state index in [1.54, 1.807) is 67.5 Å². The molecule has 12 heteroatoms. The predicted octanol–water partition coefficient (Wildman–Crippen LogP) is 2.60. The first-order valence-electron chi connectivity index (χ1n) is 13.3. The quantitative estimate of drug-likeness (QED) is 0.264. The molecule has 0 saturated carbocycles. The highest BCUT2D eigenvalue weighted by atomic mass is 16.6. The van der Waals surface area contributed by atoms with Gasteiger partial charge in [0.05, 0.1) is 19.4 Å². The number of carbonyl (C=O) groups excluding carboxylic acids is 5. The number of nitrogens with two attached hydrogens (primary N) is 1. The zero-order chi connectivity index (χ0) is 30.8. The highest BCUT2D eigenvalue weighted by molar-refractivity contribution is 5.95. The maximum absolute atomic E-state index is 14.2. The van der Waals surface area contributed by atoms with Crippen LogP contribution in [0, 0.1) is 6.92 Å². The predicted molar refractivity (Wildman–Crippen MR) is 148 cm³/mol. The number of phenolic OH excluding ortho intramolecular Hbond substituents is 1. The van der Waals surface area contributed by atoms with E-state index in [1.807, 2.05) is 0 Å². The van der Waals surface area contributed by atoms with Crippen LogP contribution in [0.5, 0.6) is 5.75 Å². The van der Waals surface area contributed by atoms with Gasteiger partial charge in [-0.25, -0.2) is 4.79 Å². The number of esters is 1. The van der Waals surface area contributed by atoms with Crippen LogP contribution in [-0.2, 0) is 28.7 Å². The molecule has 0 saturated heterocycles. The minimum absolute atomic E-state index is 0.0871. The summed E-state index contributed by atoms with van der Waals surface area (Å²) in [7, 11) is 0. The summed E-state index contributed by atoms with van der Waals surface area (Å²) in [6.07, 6.45) is -1.27. The summed E-state index contributed by atoms with van der Waals surface area (Å²) in [5.41, 5.74) is 4.09. The van der Waals surface area contributed by atoms with E-state index in [2.05, 4.69) is 10.6 Å². The third-order valence-electron chi connectivity index (χ3n) is 6.15. The molecule has 12 nitrogen and oxygen atoms in total. The lowest BCUT2D eigenvalue weighted by atomic mass is 9.90. The van der Waals surface area contributed by atoms with Crippen LogP contribution >= 0.6 is 0 Å². The van der Waals surface area contributed by atoms with Crippen molar-refractivity contribution in [3.05, 3.63) is 29.3 Å². The number of nitrogens with zero attached hydrogens (tertiary/aromatic N) is 1. The smallest absolute Gasteiger partial charge is 0.408 e. The number of aryl methyl sites for hydroxylation is 1. The first-order valence-corrected chi connectivity index (χ1v) is 13.3. The number of rotatable bonds is 13. The molecule has 4 amide bonds. The molecule has 1 aromatic carbocycles. The lowest BCUT2D eigenvalue weighted by Crippen LogP contribution is -2.60. The number of hydrogen-bond donors (Lipinski definition) is 4. The average Bonchev–Trinajstić information content (AvgIpc) is 2.82. The Morgan fingerprint density at radius 3 is 2.23 bits per heavy atom. The molecule has 0 fully saturated rings. The van der Waals surface area contributed by atoms with Gasteiger partial charge in [-0.05, 0) is 60.5 Å². The summed E-state index contributed by atoms with van der Waals surface area (Å²) >= 11 is 0. The van der Waals surface area contributed by atoms with Crippen LogP contribution in [0.15, 0.2) is 18.2 Å². The standard InChI is InChI=1S/C28H44N4O8/c1-9-28(7,8)32(25(37)19(16-20(29)33)31-26(38)40-27(4,5)6)22(18-13-11-12-17(3)23(18)35)24(36)30-15-14-21(34)39-10-2/h11-13,19,22,35H,9-10,14-16H2,1-8H3,(H2,29,33)(H,30,36)(H,31,38). The summed E-state index contributed by atoms with van der Waals surface area (Å²) in [4.78, 5) is 65.5. The van der Waals surface area contributed by atoms with Gasteiger partial charge in [-0.3, -0.25) is 19.2 Å². The van der Waals surface area contributed by atoms with Crippen molar-refractivity contribution < 1.29 is 38.6 Å². The average molecular weight is 565 g/mol. The van der Waals surface area contributed by atoms with Gasteiger partial charge in [0.2, 0.25) is 17.7 Å². The zero-order valence-corrected chi connectivity index (χ0v) is 24.8. The van der Waals surface area contributed by atoms with Crippen molar-refractivity contribution >= 4 is 29.8 Å². The van der Waals surface area contributed by atoms with E-state index >= 15 is 0 Å². The van der Waals surface area contributed by atoms with Crippen molar-refractivity contribution in [3.63, 3.8) is 0 Å². The fraction of sp³-hybridized carbons (Fsp3) is 0.607. The SMILES string of the molecule is CCOC(=O)CCNC(=O)C(c1cccc(C)c1O)N(C(=O)C(CC(N)=O)NC(=O)OC(C)(C)C)C(C)(C)CC. The van der Waals surface area contributed by atoms with Crippen molar-refractivity contribution in [1.29, 1.82) is 0 Å². The van der Waals surface area contributed by atoms with Crippen LogP contribution in [0.2, 0.25) is 0 Å². The second-order valence-corrected chi connectivity index (χ2v) is 11.0. The van der Waals surface area contributed by atoms with Crippen molar-refractivity contribution in [2.45, 2.75) is 97.9 Å². The van der Waals surface area contributed by atoms with Crippen LogP contribution in [0.1, 0.15) is 84.9 Å². The van der Waals surface area contributed by atoms with Crippen molar-refractivity contribution in [1.82, 2.24) is 15.5 Å². The highest BCUT2D eigenvalue weighted by Gasteiger charge is 2.44. The first-order chi connectivity index (χ1) is 18.4. The Morgan fingerprint density at radius 2 is 1.70 bits per heavy atom. The van der Waals surface area contributed by atoms with Gasteiger partial charge in [-0.2, -0.15) is 0 Å². The van der Waals surface area contributed by atoms with Crippen LogP contribution in [0.25, 0.3) is 0 Å². The second kappa shape index (κ2) is 14.5. The summed E-state index contributed by atoms with van der Waals surface area (Å²) in [5.74, 6) is -3.05. The van der Waals surface area contributed by atoms with E-state index in [9.17, 15) is 29.1 Å². The molecule has 2 atom stereocenters. The number of alkyl carbamates (subject to hydrolysis) is 1. The molecule has 0 aliphatic heterocycles. The van der Waals surface area contributed by atoms with Crippen LogP contribution in [-0.4, -0.2) is 70.1 Å². The van der Waals surface area contributed by atoms with Crippen molar-refractivity contribution in [2.75, 3.05) is 13.2 Å². The van der Waals surface area contributed by atoms with Crippen molar-refractivity contribution in [2.24, 2.45) is 5.73 Å². The molecule has 224 valence electrons. The largest absolute Gasteiger partial charge is 0.507 e. The Balaban J connectivity index is 3.66. The van der Waals surface area contributed by atoms with Gasteiger partial charge < -0.3 is 35.8 Å². The van der Waals surface area contributed by atoms with Crippen molar-refractivity contribution in [3.8, 4) is 5.75 Å². The van der Waals surface area contributed by atoms with Crippen LogP contribution in [0.3, 0.4) is 0 Å². The first kappa shape index (κ1) is 34.2. The Labute approximate surface area is 235 Å². The van der Waals surface area contributed by atoms with E-state index < -0.39 is 59.4 Å². The molecule has 1 rings (SSSR count). The summed E-state index contributed by atoms with van der Waals surface area (Å²) in [6, 6.07) is 1.91. The topological polar surface area (TPSA) is 177 Å². The Hall–Kier alpha value is -3.83. The minimum Gasteiger partial charge on any atom is -0.507 e. The van der Waals surface area contributed by atoms with E-state index in [0.717, 1.165) is 0 Å². The van der Waals surface area contributed by atoms with Gasteiger partial charge in [-0.15, -0.1) is 0 Å². The zero-order valence-electron chi connectivity index (χ0n) is 24.8. The maximum Gasteiger partial charge on any atom is 0.408 e. The van der Waals surface area contributed by atoms with Gasteiger partial charge in [0.15, 0.2) is 0 Å². The molecular formula is C28H44N4O8. The third kappa shape index (κ3) is 10.0. The Morgan fingerprint density at radius 1 is 1.07 bits per heavy atom. The monoisotopic (exact) mass is 564 g/mol. The van der Waals surface area contributed by atoms with Gasteiger partial charge in [-0.1, -0.05) is 25.1 Å². The fourth-order valence-electron chi connectivity index (χ4n) is 3.88. The van der Waals surface area contributed by atoms with E-state index in [-0.39, 0.29) is 30.9 Å². The normalized spacial score (nSPS) is 13.0. The summed E-state index contributed by atoms with van der Waals surface area (Å²) < 4.78 is 10.2. The number of phenols is 1. The lowest BCUT2D eigenvalue weighted by Gasteiger charge is -2.44. The number of primary amides is 1. The molecule has 0 heterocycles. The number of aromatic hydroxyl groups is 1. The third-order valence-corrected chi connectivity index (χ3v) is 6.15. The molecule has 2 unspecified atom stereocenters. The number of para-hydroxylation sites is 1. The number of amides is 4. The highest BCUT2D eigenvalue weighted by Crippen LogP contribution is 2.37. The van der Waals surface area contributed by atoms with Gasteiger partial charge >= 0.3 is 12.1 Å². The number of nitrogens with one attached hydrogen (secondary N) is 2. The summed E-state index contributed by atoms with van der Waals surface area (Å²) in [6.45, 7) is 13.6. The number of hydrogen-bond acceptors (Lipinski definition) is 8. The van der Waals surface area contributed by atoms with Gasteiger partial charge in [0, 0.05) is 17.6 Å². The molecule has 0 aliphatic carbocycles. The molecule has 5 N–H and O–H groups in total. The van der Waals surface area contributed by atoms with Crippen LogP contribution in [0.4, 0.5) is 4.79 Å². The maximum atomic E-state index is 14.2. The minimum atomic E-state index is -1.47. The molecular weight excluding hydrogens is 520 g/mol. The molecule has 40 heavy (non-hydrogen) atoms. The Bertz CT molecular complexity index is 1080. The van der Waals surface area contributed by atoms with E-state index in [1.165, 1.54) is 11.0 Å². The number of ether oxygens (including phenoxy) is 2. The molecule has 0 aromatic heterocycles. The molecule has 1 aromatic rings. The van der Waals surface area contributed by atoms with E-state index in [4.69, 9.17) is 15.2 Å². The van der Waals surface area contributed by atoms with E-state index in [0.29, 0.717) is 12.0 Å². The van der Waals surface area contributed by atoms with Crippen LogP contribution < -0.4 is 16.4 Å². The molecule has 0 bridgehead atoms. The molecule has 0 radical (unpaired) electrons. The second-order valence-electron chi connectivity index (χ2n) is 11.0. The number of benzene rings is 1. The van der Waals surface area contributed by atoms with Gasteiger partial charge in [0.1, 0.15) is 23.4 Å². The fourth-order valence-corrected chi connectivity index (χ4v) is 3.88. The number of carbonyl (C=O) groups is 5. The molecule has 0 aliphatic rings. The Kier molecular flexibility index (Phi) is 12.4. The lowest BCUT2D eigenvalue weighted by molar-refractivity contribution is -0.150. The summed E-state index contributed by atoms with van der Waals surface area (Å²) in [5, 5.41) is 16.0. The van der Waals surface area contributed by atoms with Gasteiger partial charge in [0.25, 0.3) is 0 Å². The molecule has 0 spiro atoms.